The standard InChI is InChI=1S/C18H18ClN3O2S2/c1-11-15(12(2)22(21-11)14-7-8-26(23,24)10-14)4-6-18-20-16-9-13(19)3-5-17(16)25-18/h3-6,9,14H,7-8,10H2,1-2H3/b6-4+/t14-/m0/s1. The zero-order chi connectivity index (χ0) is 18.5. The summed E-state index contributed by atoms with van der Waals surface area (Å²) in [4.78, 5) is 4.59. The molecule has 0 N–H and O–H groups in total. The fraction of sp³-hybridized carbons (Fsp3) is 0.333. The maximum Gasteiger partial charge on any atom is 0.152 e. The van der Waals surface area contributed by atoms with Crippen LogP contribution in [0.1, 0.15) is 34.4 Å². The second kappa shape index (κ2) is 6.48. The van der Waals surface area contributed by atoms with E-state index in [2.05, 4.69) is 10.1 Å². The minimum atomic E-state index is -2.94. The van der Waals surface area contributed by atoms with Crippen LogP contribution in [0.3, 0.4) is 0 Å². The zero-order valence-corrected chi connectivity index (χ0v) is 16.8. The normalized spacial score (nSPS) is 19.7. The Hall–Kier alpha value is -1.70. The number of benzene rings is 1. The lowest BCUT2D eigenvalue weighted by atomic mass is 10.1. The largest absolute Gasteiger partial charge is 0.265 e. The number of nitrogens with zero attached hydrogens (tertiary/aromatic N) is 3. The summed E-state index contributed by atoms with van der Waals surface area (Å²) in [6.07, 6.45) is 4.62. The molecule has 0 unspecified atom stereocenters. The highest BCUT2D eigenvalue weighted by molar-refractivity contribution is 7.91. The van der Waals surface area contributed by atoms with Crippen LogP contribution in [0.5, 0.6) is 0 Å². The predicted octanol–water partition coefficient (Wildman–Crippen LogP) is 4.29. The average Bonchev–Trinajstić information content (AvgIpc) is 3.21. The molecule has 1 aliphatic rings. The van der Waals surface area contributed by atoms with E-state index in [9.17, 15) is 8.42 Å². The van der Waals surface area contributed by atoms with E-state index in [0.717, 1.165) is 32.2 Å². The van der Waals surface area contributed by atoms with Gasteiger partial charge in [0.2, 0.25) is 0 Å². The van der Waals surface area contributed by atoms with Crippen LogP contribution in [-0.2, 0) is 9.84 Å². The lowest BCUT2D eigenvalue weighted by Crippen LogP contribution is -2.13. The number of aryl methyl sites for hydroxylation is 1. The summed E-state index contributed by atoms with van der Waals surface area (Å²) in [7, 11) is -2.94. The third-order valence-electron chi connectivity index (χ3n) is 4.69. The van der Waals surface area contributed by atoms with E-state index in [1.54, 1.807) is 11.3 Å². The number of aromatic nitrogens is 3. The smallest absolute Gasteiger partial charge is 0.152 e. The summed E-state index contributed by atoms with van der Waals surface area (Å²) < 4.78 is 26.5. The van der Waals surface area contributed by atoms with Gasteiger partial charge in [0.05, 0.1) is 33.5 Å². The Morgan fingerprint density at radius 3 is 2.85 bits per heavy atom. The monoisotopic (exact) mass is 407 g/mol. The van der Waals surface area contributed by atoms with Crippen molar-refractivity contribution in [1.29, 1.82) is 0 Å². The number of hydrogen-bond donors (Lipinski definition) is 0. The molecule has 3 heterocycles. The molecule has 0 bridgehead atoms. The van der Waals surface area contributed by atoms with Crippen LogP contribution in [-0.4, -0.2) is 34.7 Å². The minimum Gasteiger partial charge on any atom is -0.265 e. The first-order chi connectivity index (χ1) is 12.3. The minimum absolute atomic E-state index is 0.0644. The van der Waals surface area contributed by atoms with Crippen LogP contribution in [0, 0.1) is 13.8 Å². The summed E-state index contributed by atoms with van der Waals surface area (Å²) in [5.74, 6) is 0.423. The van der Waals surface area contributed by atoms with Gasteiger partial charge in [-0.05, 0) is 50.6 Å². The summed E-state index contributed by atoms with van der Waals surface area (Å²) in [6.45, 7) is 3.94. The first kappa shape index (κ1) is 17.7. The molecule has 136 valence electrons. The molecule has 3 aromatic rings. The van der Waals surface area contributed by atoms with E-state index in [1.165, 1.54) is 0 Å². The highest BCUT2D eigenvalue weighted by Gasteiger charge is 2.31. The van der Waals surface area contributed by atoms with Crippen LogP contribution in [0.25, 0.3) is 22.4 Å². The summed E-state index contributed by atoms with van der Waals surface area (Å²) in [5, 5.41) is 6.17. The second-order valence-corrected chi connectivity index (χ2v) is 10.3. The SMILES string of the molecule is Cc1nn([C@H]2CCS(=O)(=O)C2)c(C)c1/C=C/c1nc2cc(Cl)ccc2s1. The molecule has 5 nitrogen and oxygen atoms in total. The quantitative estimate of drug-likeness (QED) is 0.649. The Labute approximate surface area is 161 Å². The molecule has 0 aliphatic carbocycles. The van der Waals surface area contributed by atoms with E-state index < -0.39 is 9.84 Å². The number of thiazole rings is 1. The Kier molecular flexibility index (Phi) is 4.41. The lowest BCUT2D eigenvalue weighted by molar-refractivity contribution is 0.486. The van der Waals surface area contributed by atoms with Crippen molar-refractivity contribution in [2.24, 2.45) is 0 Å². The van der Waals surface area contributed by atoms with Crippen molar-refractivity contribution in [2.75, 3.05) is 11.5 Å². The molecule has 1 aliphatic heterocycles. The van der Waals surface area contributed by atoms with Crippen molar-refractivity contribution in [3.8, 4) is 0 Å². The van der Waals surface area contributed by atoms with Crippen molar-refractivity contribution in [2.45, 2.75) is 26.3 Å². The highest BCUT2D eigenvalue weighted by atomic mass is 35.5. The maximum absolute atomic E-state index is 11.8. The van der Waals surface area contributed by atoms with Gasteiger partial charge in [0.1, 0.15) is 5.01 Å². The molecule has 4 rings (SSSR count). The van der Waals surface area contributed by atoms with Gasteiger partial charge in [-0.2, -0.15) is 5.10 Å². The van der Waals surface area contributed by atoms with E-state index >= 15 is 0 Å². The maximum atomic E-state index is 11.8. The topological polar surface area (TPSA) is 64.8 Å². The van der Waals surface area contributed by atoms with Crippen molar-refractivity contribution in [1.82, 2.24) is 14.8 Å². The van der Waals surface area contributed by atoms with Crippen LogP contribution in [0.2, 0.25) is 5.02 Å². The molecule has 1 atom stereocenters. The first-order valence-corrected chi connectivity index (χ1v) is 11.3. The number of hydrogen-bond acceptors (Lipinski definition) is 5. The summed E-state index contributed by atoms with van der Waals surface area (Å²) >= 11 is 7.63. The molecule has 1 fully saturated rings. The lowest BCUT2D eigenvalue weighted by Gasteiger charge is -2.10. The molecule has 26 heavy (non-hydrogen) atoms. The first-order valence-electron chi connectivity index (χ1n) is 8.33. The van der Waals surface area contributed by atoms with Gasteiger partial charge in [0.25, 0.3) is 0 Å². The van der Waals surface area contributed by atoms with Crippen LogP contribution in [0.4, 0.5) is 0 Å². The third-order valence-corrected chi connectivity index (χ3v) is 7.68. The van der Waals surface area contributed by atoms with E-state index in [1.807, 2.05) is 48.9 Å². The third kappa shape index (κ3) is 3.31. The van der Waals surface area contributed by atoms with Gasteiger partial charge >= 0.3 is 0 Å². The van der Waals surface area contributed by atoms with Gasteiger partial charge < -0.3 is 0 Å². The molecule has 2 aromatic heterocycles. The van der Waals surface area contributed by atoms with Gasteiger partial charge in [-0.3, -0.25) is 4.68 Å². The Balaban J connectivity index is 1.64. The van der Waals surface area contributed by atoms with Gasteiger partial charge in [0.15, 0.2) is 9.84 Å². The van der Waals surface area contributed by atoms with Crippen LogP contribution in [0.15, 0.2) is 18.2 Å². The average molecular weight is 408 g/mol. The van der Waals surface area contributed by atoms with Crippen LogP contribution < -0.4 is 0 Å². The van der Waals surface area contributed by atoms with Gasteiger partial charge in [0, 0.05) is 16.3 Å². The number of rotatable bonds is 3. The molecular weight excluding hydrogens is 390 g/mol. The highest BCUT2D eigenvalue weighted by Crippen LogP contribution is 2.29. The van der Waals surface area contributed by atoms with Crippen molar-refractivity contribution < 1.29 is 8.42 Å². The van der Waals surface area contributed by atoms with Gasteiger partial charge in [-0.1, -0.05) is 11.6 Å². The number of halogens is 1. The number of fused-ring (bicyclic) bond motifs is 1. The van der Waals surface area contributed by atoms with Gasteiger partial charge in [-0.25, -0.2) is 13.4 Å². The molecule has 1 saturated heterocycles. The molecule has 0 spiro atoms. The second-order valence-electron chi connectivity index (χ2n) is 6.58. The van der Waals surface area contributed by atoms with Crippen molar-refractivity contribution in [3.63, 3.8) is 0 Å². The molecular formula is C18H18ClN3O2S2. The fourth-order valence-electron chi connectivity index (χ4n) is 3.38. The molecule has 0 radical (unpaired) electrons. The molecule has 0 saturated carbocycles. The van der Waals surface area contributed by atoms with Crippen LogP contribution >= 0.6 is 22.9 Å². The molecule has 1 aromatic carbocycles. The van der Waals surface area contributed by atoms with E-state index in [0.29, 0.717) is 11.4 Å². The predicted molar refractivity (Wildman–Crippen MR) is 108 cm³/mol. The Morgan fingerprint density at radius 1 is 1.31 bits per heavy atom. The van der Waals surface area contributed by atoms with E-state index in [4.69, 9.17) is 11.6 Å². The van der Waals surface area contributed by atoms with E-state index in [-0.39, 0.29) is 17.5 Å². The zero-order valence-electron chi connectivity index (χ0n) is 14.4. The fourth-order valence-corrected chi connectivity index (χ4v) is 6.09. The Bertz CT molecular complexity index is 1130. The number of sulfone groups is 1. The molecule has 0 amide bonds. The van der Waals surface area contributed by atoms with Crippen molar-refractivity contribution >= 4 is 55.1 Å². The summed E-state index contributed by atoms with van der Waals surface area (Å²) in [5.41, 5.74) is 3.80. The summed E-state index contributed by atoms with van der Waals surface area (Å²) in [6, 6.07) is 5.64. The van der Waals surface area contributed by atoms with Crippen molar-refractivity contribution in [3.05, 3.63) is 45.2 Å². The molecule has 8 heteroatoms. The Morgan fingerprint density at radius 2 is 2.12 bits per heavy atom. The van der Waals surface area contributed by atoms with Gasteiger partial charge in [-0.15, -0.1) is 11.3 Å².